The third kappa shape index (κ3) is 8.41. The lowest BCUT2D eigenvalue weighted by atomic mass is 10.1. The van der Waals surface area contributed by atoms with Crippen LogP contribution >= 0.6 is 0 Å². The fraction of sp³-hybridized carbons (Fsp3) is 0.556. The van der Waals surface area contributed by atoms with Gasteiger partial charge in [-0.1, -0.05) is 30.3 Å². The minimum Gasteiger partial charge on any atom is -0.443 e. The first-order chi connectivity index (χ1) is 11.0. The molecule has 0 unspecified atom stereocenters. The summed E-state index contributed by atoms with van der Waals surface area (Å²) in [5.74, 6) is 0. The molecule has 1 aromatic rings. The van der Waals surface area contributed by atoms with Crippen LogP contribution in [-0.4, -0.2) is 34.9 Å². The quantitative estimate of drug-likeness (QED) is 0.850. The lowest BCUT2D eigenvalue weighted by Crippen LogP contribution is -2.50. The Morgan fingerprint density at radius 2 is 1.50 bits per heavy atom. The molecule has 0 fully saturated rings. The minimum absolute atomic E-state index is 0.276. The zero-order valence-electron chi connectivity index (χ0n) is 15.4. The minimum atomic E-state index is -0.693. The molecule has 1 aromatic carbocycles. The third-order valence-corrected chi connectivity index (χ3v) is 2.71. The Bertz CT molecular complexity index is 544. The first-order valence-electron chi connectivity index (χ1n) is 8.00. The van der Waals surface area contributed by atoms with Gasteiger partial charge in [0.05, 0.1) is 6.54 Å². The summed E-state index contributed by atoms with van der Waals surface area (Å²) in [5, 5.41) is 1.15. The number of amides is 2. The van der Waals surface area contributed by atoms with Crippen molar-refractivity contribution in [2.24, 2.45) is 0 Å². The second-order valence-corrected chi connectivity index (χ2v) is 7.48. The van der Waals surface area contributed by atoms with Gasteiger partial charge in [-0.05, 0) is 53.5 Å². The summed E-state index contributed by atoms with van der Waals surface area (Å²) in [6, 6.07) is 9.69. The van der Waals surface area contributed by atoms with Gasteiger partial charge in [-0.3, -0.25) is 0 Å². The summed E-state index contributed by atoms with van der Waals surface area (Å²) >= 11 is 0. The van der Waals surface area contributed by atoms with Crippen molar-refractivity contribution in [2.75, 3.05) is 6.54 Å². The Morgan fingerprint density at radius 1 is 0.958 bits per heavy atom. The van der Waals surface area contributed by atoms with Crippen molar-refractivity contribution in [1.82, 2.24) is 10.4 Å². The number of nitrogens with zero attached hydrogens (tertiary/aromatic N) is 1. The first-order valence-corrected chi connectivity index (χ1v) is 8.00. The molecule has 0 aromatic heterocycles. The molecular formula is C18H28N2O4. The number of hydrazine groups is 1. The van der Waals surface area contributed by atoms with E-state index in [0.717, 1.165) is 10.6 Å². The number of nitrogens with one attached hydrogen (secondary N) is 1. The Hall–Kier alpha value is -2.24. The van der Waals surface area contributed by atoms with Gasteiger partial charge in [0.15, 0.2) is 0 Å². The predicted octanol–water partition coefficient (Wildman–Crippen LogP) is 3.91. The lowest BCUT2D eigenvalue weighted by Gasteiger charge is -2.28. The molecule has 0 radical (unpaired) electrons. The summed E-state index contributed by atoms with van der Waals surface area (Å²) in [4.78, 5) is 24.3. The fourth-order valence-corrected chi connectivity index (χ4v) is 1.81. The van der Waals surface area contributed by atoms with Crippen molar-refractivity contribution in [3.05, 3.63) is 35.9 Å². The number of benzene rings is 1. The molecule has 0 spiro atoms. The Morgan fingerprint density at radius 3 is 2.00 bits per heavy atom. The second kappa shape index (κ2) is 8.04. The van der Waals surface area contributed by atoms with E-state index in [1.165, 1.54) is 0 Å². The van der Waals surface area contributed by atoms with Crippen LogP contribution in [0, 0.1) is 0 Å². The highest BCUT2D eigenvalue weighted by molar-refractivity contribution is 5.74. The highest BCUT2D eigenvalue weighted by atomic mass is 16.6. The van der Waals surface area contributed by atoms with Crippen LogP contribution in [0.4, 0.5) is 9.59 Å². The Kier molecular flexibility index (Phi) is 6.63. The molecule has 0 saturated carbocycles. The molecule has 0 aliphatic rings. The molecule has 0 aliphatic heterocycles. The van der Waals surface area contributed by atoms with Gasteiger partial charge in [0, 0.05) is 0 Å². The molecule has 0 atom stereocenters. The van der Waals surface area contributed by atoms with Gasteiger partial charge in [-0.2, -0.15) is 0 Å². The summed E-state index contributed by atoms with van der Waals surface area (Å²) < 4.78 is 10.5. The Balaban J connectivity index is 2.75. The van der Waals surface area contributed by atoms with E-state index in [1.54, 1.807) is 41.5 Å². The summed E-state index contributed by atoms with van der Waals surface area (Å²) in [5.41, 5.74) is 2.21. The van der Waals surface area contributed by atoms with Crippen molar-refractivity contribution < 1.29 is 19.1 Å². The molecule has 1 rings (SSSR count). The van der Waals surface area contributed by atoms with E-state index in [9.17, 15) is 9.59 Å². The second-order valence-electron chi connectivity index (χ2n) is 7.48. The highest BCUT2D eigenvalue weighted by Crippen LogP contribution is 2.11. The molecular weight excluding hydrogens is 308 g/mol. The molecule has 0 aliphatic carbocycles. The van der Waals surface area contributed by atoms with Gasteiger partial charge in [0.2, 0.25) is 0 Å². The van der Waals surface area contributed by atoms with Crippen LogP contribution < -0.4 is 5.43 Å². The smallest absolute Gasteiger partial charge is 0.429 e. The number of rotatable bonds is 3. The van der Waals surface area contributed by atoms with Crippen molar-refractivity contribution in [2.45, 2.75) is 59.2 Å². The zero-order valence-corrected chi connectivity index (χ0v) is 15.4. The number of hydrogen-bond acceptors (Lipinski definition) is 4. The molecule has 0 saturated heterocycles. The van der Waals surface area contributed by atoms with Gasteiger partial charge >= 0.3 is 12.2 Å². The number of ether oxygens (including phenoxy) is 2. The van der Waals surface area contributed by atoms with Crippen LogP contribution in [0.15, 0.2) is 30.3 Å². The van der Waals surface area contributed by atoms with Gasteiger partial charge in [0.25, 0.3) is 0 Å². The van der Waals surface area contributed by atoms with E-state index in [4.69, 9.17) is 9.47 Å². The molecule has 0 heterocycles. The maximum Gasteiger partial charge on any atom is 0.429 e. The monoisotopic (exact) mass is 336 g/mol. The van der Waals surface area contributed by atoms with Gasteiger partial charge in [-0.25, -0.2) is 20.0 Å². The SMILES string of the molecule is CC(C)(C)OC(=O)NN(CCc1ccccc1)C(=O)OC(C)(C)C. The maximum absolute atomic E-state index is 12.3. The van der Waals surface area contributed by atoms with E-state index in [2.05, 4.69) is 5.43 Å². The topological polar surface area (TPSA) is 67.9 Å². The van der Waals surface area contributed by atoms with Crippen LogP contribution in [0.25, 0.3) is 0 Å². The summed E-state index contributed by atoms with van der Waals surface area (Å²) in [7, 11) is 0. The van der Waals surface area contributed by atoms with Crippen LogP contribution in [0.3, 0.4) is 0 Å². The lowest BCUT2D eigenvalue weighted by molar-refractivity contribution is 0.00163. The van der Waals surface area contributed by atoms with Gasteiger partial charge < -0.3 is 9.47 Å². The Labute approximate surface area is 144 Å². The first kappa shape index (κ1) is 19.8. The third-order valence-electron chi connectivity index (χ3n) is 2.71. The van der Waals surface area contributed by atoms with E-state index in [1.807, 2.05) is 30.3 Å². The van der Waals surface area contributed by atoms with Gasteiger partial charge in [0.1, 0.15) is 11.2 Å². The van der Waals surface area contributed by atoms with E-state index >= 15 is 0 Å². The highest BCUT2D eigenvalue weighted by Gasteiger charge is 2.25. The molecule has 24 heavy (non-hydrogen) atoms. The molecule has 6 nitrogen and oxygen atoms in total. The van der Waals surface area contributed by atoms with Crippen molar-refractivity contribution in [3.8, 4) is 0 Å². The van der Waals surface area contributed by atoms with Crippen LogP contribution in [0.2, 0.25) is 0 Å². The molecule has 6 heteroatoms. The predicted molar refractivity (Wildman–Crippen MR) is 92.5 cm³/mol. The normalized spacial score (nSPS) is 11.6. The molecule has 2 amide bonds. The molecule has 0 bridgehead atoms. The van der Waals surface area contributed by atoms with Crippen LogP contribution in [0.5, 0.6) is 0 Å². The molecule has 1 N–H and O–H groups in total. The number of carbonyl (C=O) groups is 2. The van der Waals surface area contributed by atoms with E-state index in [0.29, 0.717) is 6.42 Å². The largest absolute Gasteiger partial charge is 0.443 e. The van der Waals surface area contributed by atoms with Crippen LogP contribution in [0.1, 0.15) is 47.1 Å². The van der Waals surface area contributed by atoms with E-state index in [-0.39, 0.29) is 6.54 Å². The van der Waals surface area contributed by atoms with Crippen LogP contribution in [-0.2, 0) is 15.9 Å². The average molecular weight is 336 g/mol. The average Bonchev–Trinajstić information content (AvgIpc) is 2.40. The fourth-order valence-electron chi connectivity index (χ4n) is 1.81. The van der Waals surface area contributed by atoms with Crippen molar-refractivity contribution >= 4 is 12.2 Å². The van der Waals surface area contributed by atoms with Gasteiger partial charge in [-0.15, -0.1) is 0 Å². The standard InChI is InChI=1S/C18H28N2O4/c1-17(2,3)23-15(21)19-20(16(22)24-18(4,5)6)13-12-14-10-8-7-9-11-14/h7-11H,12-13H2,1-6H3,(H,19,21). The summed E-state index contributed by atoms with van der Waals surface area (Å²) in [6.45, 7) is 10.9. The molecule has 134 valence electrons. The maximum atomic E-state index is 12.3. The van der Waals surface area contributed by atoms with E-state index < -0.39 is 23.4 Å². The van der Waals surface area contributed by atoms with Crippen molar-refractivity contribution in [1.29, 1.82) is 0 Å². The number of hydrogen-bond donors (Lipinski definition) is 1. The van der Waals surface area contributed by atoms with Crippen molar-refractivity contribution in [3.63, 3.8) is 0 Å². The number of carbonyl (C=O) groups excluding carboxylic acids is 2. The zero-order chi connectivity index (χ0) is 18.4. The summed E-state index contributed by atoms with van der Waals surface area (Å²) in [6.07, 6.45) is -0.735.